The molecule has 0 bridgehead atoms. The van der Waals surface area contributed by atoms with Crippen molar-refractivity contribution in [2.24, 2.45) is 0 Å². The molecule has 1 amide bonds. The van der Waals surface area contributed by atoms with Crippen LogP contribution in [0.3, 0.4) is 0 Å². The van der Waals surface area contributed by atoms with Gasteiger partial charge in [-0.2, -0.15) is 4.98 Å². The van der Waals surface area contributed by atoms with Gasteiger partial charge in [-0.1, -0.05) is 40.1 Å². The summed E-state index contributed by atoms with van der Waals surface area (Å²) in [7, 11) is 0. The van der Waals surface area contributed by atoms with Crippen molar-refractivity contribution >= 4 is 38.3 Å². The topological polar surface area (TPSA) is 80.9 Å². The molecule has 0 atom stereocenters. The van der Waals surface area contributed by atoms with Crippen molar-refractivity contribution in [2.45, 2.75) is 46.0 Å². The van der Waals surface area contributed by atoms with Crippen LogP contribution in [0.25, 0.3) is 0 Å². The Kier molecular flexibility index (Phi) is 6.73. The van der Waals surface area contributed by atoms with Gasteiger partial charge in [-0.3, -0.25) is 4.79 Å². The molecule has 0 radical (unpaired) electrons. The first-order chi connectivity index (χ1) is 13.0. The largest absolute Gasteiger partial charge is 0.339 e. The maximum Gasteiger partial charge on any atom is 0.227 e. The number of nitrogens with one attached hydrogen (secondary N) is 1. The number of carbonyl (C=O) groups is 1. The number of anilines is 1. The maximum absolute atomic E-state index is 12.1. The third-order valence-corrected chi connectivity index (χ3v) is 5.75. The number of hydrogen-bond donors (Lipinski definition) is 1. The molecule has 0 spiro atoms. The second-order valence-electron chi connectivity index (χ2n) is 6.29. The summed E-state index contributed by atoms with van der Waals surface area (Å²) >= 11 is 5.01. The third kappa shape index (κ3) is 5.71. The fourth-order valence-electron chi connectivity index (χ4n) is 2.58. The quantitative estimate of drug-likeness (QED) is 0.539. The van der Waals surface area contributed by atoms with Crippen molar-refractivity contribution < 1.29 is 9.32 Å². The Morgan fingerprint density at radius 1 is 1.33 bits per heavy atom. The fraction of sp³-hybridized carbons (Fsp3) is 0.368. The third-order valence-electron chi connectivity index (χ3n) is 3.95. The van der Waals surface area contributed by atoms with Crippen molar-refractivity contribution in [3.05, 3.63) is 56.6 Å². The first-order valence-electron chi connectivity index (χ1n) is 8.84. The minimum atomic E-state index is -0.106. The second kappa shape index (κ2) is 9.23. The normalized spacial score (nSPS) is 10.9. The summed E-state index contributed by atoms with van der Waals surface area (Å²) in [6, 6.07) is 6.29. The molecule has 142 valence electrons. The van der Waals surface area contributed by atoms with Crippen LogP contribution in [0.1, 0.15) is 47.5 Å². The number of amides is 1. The zero-order valence-electron chi connectivity index (χ0n) is 15.3. The van der Waals surface area contributed by atoms with Crippen molar-refractivity contribution in [3.63, 3.8) is 0 Å². The Bertz CT molecular complexity index is 922. The number of thiazole rings is 1. The van der Waals surface area contributed by atoms with Crippen LogP contribution in [0, 0.1) is 6.92 Å². The minimum absolute atomic E-state index is 0.106. The average Bonchev–Trinajstić information content (AvgIpc) is 3.26. The highest BCUT2D eigenvalue weighted by molar-refractivity contribution is 9.10. The summed E-state index contributed by atoms with van der Waals surface area (Å²) in [5, 5.41) is 7.35. The Morgan fingerprint density at radius 3 is 2.96 bits per heavy atom. The van der Waals surface area contributed by atoms with Gasteiger partial charge in [-0.25, -0.2) is 4.98 Å². The monoisotopic (exact) mass is 448 g/mol. The number of rotatable bonds is 8. The van der Waals surface area contributed by atoms with Crippen LogP contribution in [0.15, 0.2) is 33.4 Å². The van der Waals surface area contributed by atoms with E-state index in [2.05, 4.69) is 68.4 Å². The van der Waals surface area contributed by atoms with E-state index >= 15 is 0 Å². The van der Waals surface area contributed by atoms with Crippen molar-refractivity contribution in [2.75, 3.05) is 5.32 Å². The first-order valence-corrected chi connectivity index (χ1v) is 10.5. The van der Waals surface area contributed by atoms with Crippen molar-refractivity contribution in [1.82, 2.24) is 15.1 Å². The molecule has 2 heterocycles. The van der Waals surface area contributed by atoms with Crippen molar-refractivity contribution in [1.29, 1.82) is 0 Å². The van der Waals surface area contributed by atoms with Gasteiger partial charge in [-0.05, 0) is 30.5 Å². The van der Waals surface area contributed by atoms with Gasteiger partial charge in [-0.15, -0.1) is 11.3 Å². The smallest absolute Gasteiger partial charge is 0.227 e. The second-order valence-corrected chi connectivity index (χ2v) is 8.26. The molecule has 3 aromatic rings. The Balaban J connectivity index is 1.50. The molecule has 0 saturated carbocycles. The number of carbonyl (C=O) groups excluding carboxylic acids is 1. The van der Waals surface area contributed by atoms with Gasteiger partial charge < -0.3 is 9.84 Å². The molecule has 8 heteroatoms. The molecule has 6 nitrogen and oxygen atoms in total. The standard InChI is InChI=1S/C19H21BrN4O2S/c1-3-4-16-22-18(26-24-16)8-7-17(25)23-19-21-11-14(27-19)10-13-5-6-15(20)12(2)9-13/h5-6,9,11H,3-4,7-8,10H2,1-2H3,(H,21,23,25). The highest BCUT2D eigenvalue weighted by atomic mass is 79.9. The van der Waals surface area contributed by atoms with E-state index in [-0.39, 0.29) is 12.3 Å². The summed E-state index contributed by atoms with van der Waals surface area (Å²) in [6.45, 7) is 4.13. The molecule has 27 heavy (non-hydrogen) atoms. The predicted octanol–water partition coefficient (Wildman–Crippen LogP) is 4.71. The van der Waals surface area contributed by atoms with Crippen LogP contribution in [-0.4, -0.2) is 21.0 Å². The zero-order chi connectivity index (χ0) is 19.2. The Labute approximate surface area is 170 Å². The maximum atomic E-state index is 12.1. The van der Waals surface area contributed by atoms with Crippen LogP contribution < -0.4 is 5.32 Å². The Morgan fingerprint density at radius 2 is 2.19 bits per heavy atom. The van der Waals surface area contributed by atoms with Crippen LogP contribution in [0.4, 0.5) is 5.13 Å². The number of nitrogens with zero attached hydrogens (tertiary/aromatic N) is 3. The minimum Gasteiger partial charge on any atom is -0.339 e. The van der Waals surface area contributed by atoms with E-state index in [1.165, 1.54) is 22.5 Å². The molecular formula is C19H21BrN4O2S. The molecule has 0 aliphatic carbocycles. The predicted molar refractivity (Wildman–Crippen MR) is 109 cm³/mol. The summed E-state index contributed by atoms with van der Waals surface area (Å²) in [6.07, 6.45) is 5.07. The van der Waals surface area contributed by atoms with Gasteiger partial charge in [0.05, 0.1) is 0 Å². The summed E-state index contributed by atoms with van der Waals surface area (Å²) < 4.78 is 6.25. The molecule has 1 N–H and O–H groups in total. The number of hydrogen-bond acceptors (Lipinski definition) is 6. The molecule has 0 unspecified atom stereocenters. The van der Waals surface area contributed by atoms with E-state index in [1.54, 1.807) is 0 Å². The Hall–Kier alpha value is -2.06. The molecule has 3 rings (SSSR count). The lowest BCUT2D eigenvalue weighted by Gasteiger charge is -2.02. The summed E-state index contributed by atoms with van der Waals surface area (Å²) in [5.41, 5.74) is 2.42. The molecule has 0 fully saturated rings. The van der Waals surface area contributed by atoms with Gasteiger partial charge in [0, 0.05) is 41.2 Å². The van der Waals surface area contributed by atoms with E-state index < -0.39 is 0 Å². The number of halogens is 1. The SMILES string of the molecule is CCCc1noc(CCC(=O)Nc2ncc(Cc3ccc(Br)c(C)c3)s2)n1. The van der Waals surface area contributed by atoms with E-state index in [9.17, 15) is 4.79 Å². The molecule has 0 saturated heterocycles. The first kappa shape index (κ1) is 19.7. The van der Waals surface area contributed by atoms with E-state index in [1.807, 2.05) is 6.20 Å². The molecule has 0 aliphatic rings. The lowest BCUT2D eigenvalue weighted by molar-refractivity contribution is -0.116. The molecule has 2 aromatic heterocycles. The zero-order valence-corrected chi connectivity index (χ0v) is 17.7. The number of aromatic nitrogens is 3. The lowest BCUT2D eigenvalue weighted by Crippen LogP contribution is -2.12. The fourth-order valence-corrected chi connectivity index (χ4v) is 3.69. The van der Waals surface area contributed by atoms with E-state index in [0.717, 1.165) is 28.6 Å². The highest BCUT2D eigenvalue weighted by Gasteiger charge is 2.11. The summed E-state index contributed by atoms with van der Waals surface area (Å²) in [5.74, 6) is 1.09. The molecule has 1 aromatic carbocycles. The molecular weight excluding hydrogens is 428 g/mol. The van der Waals surface area contributed by atoms with E-state index in [0.29, 0.717) is 23.3 Å². The number of aryl methyl sites for hydroxylation is 3. The van der Waals surface area contributed by atoms with Crippen LogP contribution in [-0.2, 0) is 24.1 Å². The van der Waals surface area contributed by atoms with Gasteiger partial charge in [0.1, 0.15) is 0 Å². The van der Waals surface area contributed by atoms with Gasteiger partial charge in [0.25, 0.3) is 0 Å². The van der Waals surface area contributed by atoms with E-state index in [4.69, 9.17) is 4.52 Å². The lowest BCUT2D eigenvalue weighted by atomic mass is 10.1. The summed E-state index contributed by atoms with van der Waals surface area (Å²) in [4.78, 5) is 21.8. The van der Waals surface area contributed by atoms with Gasteiger partial charge >= 0.3 is 0 Å². The van der Waals surface area contributed by atoms with Crippen LogP contribution in [0.5, 0.6) is 0 Å². The average molecular weight is 449 g/mol. The highest BCUT2D eigenvalue weighted by Crippen LogP contribution is 2.24. The van der Waals surface area contributed by atoms with Gasteiger partial charge in [0.15, 0.2) is 11.0 Å². The van der Waals surface area contributed by atoms with Crippen LogP contribution in [0.2, 0.25) is 0 Å². The van der Waals surface area contributed by atoms with Crippen LogP contribution >= 0.6 is 27.3 Å². The molecule has 0 aliphatic heterocycles. The van der Waals surface area contributed by atoms with Crippen molar-refractivity contribution in [3.8, 4) is 0 Å². The number of benzene rings is 1. The van der Waals surface area contributed by atoms with Gasteiger partial charge in [0.2, 0.25) is 11.8 Å².